The van der Waals surface area contributed by atoms with Gasteiger partial charge in [0.05, 0.1) is 4.90 Å². The fourth-order valence-electron chi connectivity index (χ4n) is 2.04. The molecule has 0 saturated heterocycles. The van der Waals surface area contributed by atoms with Crippen molar-refractivity contribution < 1.29 is 8.42 Å². The average molecular weight is 294 g/mol. The van der Waals surface area contributed by atoms with Crippen molar-refractivity contribution in [1.82, 2.24) is 0 Å². The van der Waals surface area contributed by atoms with Gasteiger partial charge in [0.2, 0.25) is 0 Å². The molecule has 20 heavy (non-hydrogen) atoms. The predicted octanol–water partition coefficient (Wildman–Crippen LogP) is 5.03. The molecule has 0 aliphatic rings. The van der Waals surface area contributed by atoms with Gasteiger partial charge in [0, 0.05) is 5.41 Å². The molecule has 0 amide bonds. The minimum atomic E-state index is -3.26. The fraction of sp³-hybridized carbons (Fsp3) is 0.529. The Balaban J connectivity index is 2.35. The molecule has 0 fully saturated rings. The SMILES string of the molecule is CCCCCCCC/C=C/S(=O)(=O)c1ccc(C)cc1. The van der Waals surface area contributed by atoms with Crippen LogP contribution in [0.4, 0.5) is 0 Å². The largest absolute Gasteiger partial charge is 0.219 e. The van der Waals surface area contributed by atoms with Gasteiger partial charge in [0.25, 0.3) is 0 Å². The first-order valence-corrected chi connectivity index (χ1v) is 9.09. The van der Waals surface area contributed by atoms with Crippen LogP contribution in [0.15, 0.2) is 40.6 Å². The summed E-state index contributed by atoms with van der Waals surface area (Å²) < 4.78 is 24.1. The molecular formula is C17H26O2S. The van der Waals surface area contributed by atoms with Gasteiger partial charge >= 0.3 is 0 Å². The Morgan fingerprint density at radius 2 is 1.55 bits per heavy atom. The standard InChI is InChI=1S/C17H26O2S/c1-3-4-5-6-7-8-9-10-15-20(18,19)17-13-11-16(2)12-14-17/h10-15H,3-9H2,1-2H3/b15-10+. The third-order valence-corrected chi connectivity index (χ3v) is 4.83. The van der Waals surface area contributed by atoms with Crippen LogP contribution in [-0.2, 0) is 9.84 Å². The second-order valence-corrected chi connectivity index (χ2v) is 7.12. The highest BCUT2D eigenvalue weighted by Crippen LogP contribution is 2.14. The topological polar surface area (TPSA) is 34.1 Å². The van der Waals surface area contributed by atoms with Crippen LogP contribution in [0.2, 0.25) is 0 Å². The van der Waals surface area contributed by atoms with E-state index in [0.29, 0.717) is 4.90 Å². The van der Waals surface area contributed by atoms with Crippen molar-refractivity contribution >= 4 is 9.84 Å². The maximum Gasteiger partial charge on any atom is 0.199 e. The Bertz CT molecular complexity index is 498. The molecule has 0 unspecified atom stereocenters. The first kappa shape index (κ1) is 17.0. The molecule has 0 saturated carbocycles. The van der Waals surface area contributed by atoms with Crippen LogP contribution in [0.5, 0.6) is 0 Å². The number of benzene rings is 1. The zero-order valence-electron chi connectivity index (χ0n) is 12.6. The molecule has 0 aliphatic carbocycles. The van der Waals surface area contributed by atoms with Crippen molar-refractivity contribution in [2.45, 2.75) is 63.7 Å². The van der Waals surface area contributed by atoms with E-state index in [-0.39, 0.29) is 0 Å². The Morgan fingerprint density at radius 1 is 0.950 bits per heavy atom. The Labute approximate surface area is 123 Å². The van der Waals surface area contributed by atoms with E-state index in [0.717, 1.165) is 18.4 Å². The smallest absolute Gasteiger partial charge is 0.199 e. The molecule has 1 rings (SSSR count). The monoisotopic (exact) mass is 294 g/mol. The van der Waals surface area contributed by atoms with Crippen molar-refractivity contribution in [3.63, 3.8) is 0 Å². The van der Waals surface area contributed by atoms with Crippen molar-refractivity contribution in [3.05, 3.63) is 41.3 Å². The van der Waals surface area contributed by atoms with E-state index in [2.05, 4.69) is 6.92 Å². The quantitative estimate of drug-likeness (QED) is 0.598. The number of hydrogen-bond donors (Lipinski definition) is 0. The van der Waals surface area contributed by atoms with Gasteiger partial charge in [-0.15, -0.1) is 0 Å². The van der Waals surface area contributed by atoms with Crippen LogP contribution in [0.25, 0.3) is 0 Å². The second kappa shape index (κ2) is 8.96. The molecule has 0 bridgehead atoms. The van der Waals surface area contributed by atoms with E-state index in [9.17, 15) is 8.42 Å². The van der Waals surface area contributed by atoms with Crippen molar-refractivity contribution in [3.8, 4) is 0 Å². The number of rotatable bonds is 9. The number of aryl methyl sites for hydroxylation is 1. The molecule has 0 heterocycles. The average Bonchev–Trinajstić information content (AvgIpc) is 2.42. The number of unbranched alkanes of at least 4 members (excludes halogenated alkanes) is 6. The molecular weight excluding hydrogens is 268 g/mol. The molecule has 1 aromatic rings. The summed E-state index contributed by atoms with van der Waals surface area (Å²) >= 11 is 0. The molecule has 112 valence electrons. The lowest BCUT2D eigenvalue weighted by atomic mass is 10.1. The van der Waals surface area contributed by atoms with Gasteiger partial charge in [-0.05, 0) is 31.9 Å². The van der Waals surface area contributed by atoms with Crippen LogP contribution in [0, 0.1) is 6.92 Å². The highest BCUT2D eigenvalue weighted by molar-refractivity contribution is 7.94. The molecule has 1 aromatic carbocycles. The maximum atomic E-state index is 12.0. The van der Waals surface area contributed by atoms with E-state index in [1.165, 1.54) is 37.5 Å². The summed E-state index contributed by atoms with van der Waals surface area (Å²) in [6, 6.07) is 6.99. The third-order valence-electron chi connectivity index (χ3n) is 3.35. The summed E-state index contributed by atoms with van der Waals surface area (Å²) in [6.45, 7) is 4.16. The van der Waals surface area contributed by atoms with E-state index in [1.807, 2.05) is 19.1 Å². The lowest BCUT2D eigenvalue weighted by Gasteiger charge is -2.00. The first-order valence-electron chi connectivity index (χ1n) is 7.54. The highest BCUT2D eigenvalue weighted by Gasteiger charge is 2.08. The number of sulfone groups is 1. The molecule has 0 N–H and O–H groups in total. The lowest BCUT2D eigenvalue weighted by molar-refractivity contribution is 0.603. The Kier molecular flexibility index (Phi) is 7.60. The summed E-state index contributed by atoms with van der Waals surface area (Å²) in [5.74, 6) is 0. The Hall–Kier alpha value is -1.09. The minimum Gasteiger partial charge on any atom is -0.219 e. The zero-order valence-corrected chi connectivity index (χ0v) is 13.5. The van der Waals surface area contributed by atoms with Gasteiger partial charge in [-0.3, -0.25) is 0 Å². The van der Waals surface area contributed by atoms with Crippen molar-refractivity contribution in [2.75, 3.05) is 0 Å². The maximum absolute atomic E-state index is 12.0. The Morgan fingerprint density at radius 3 is 2.20 bits per heavy atom. The summed E-state index contributed by atoms with van der Waals surface area (Å²) in [7, 11) is -3.26. The highest BCUT2D eigenvalue weighted by atomic mass is 32.2. The van der Waals surface area contributed by atoms with Gasteiger partial charge in [-0.1, -0.05) is 62.8 Å². The van der Waals surface area contributed by atoms with E-state index >= 15 is 0 Å². The fourth-order valence-corrected chi connectivity index (χ4v) is 3.11. The van der Waals surface area contributed by atoms with Gasteiger partial charge in [0.1, 0.15) is 0 Å². The molecule has 0 aromatic heterocycles. The van der Waals surface area contributed by atoms with Crippen LogP contribution in [0.1, 0.15) is 57.4 Å². The molecule has 0 aliphatic heterocycles. The summed E-state index contributed by atoms with van der Waals surface area (Å²) in [5.41, 5.74) is 1.07. The molecule has 3 heteroatoms. The van der Waals surface area contributed by atoms with E-state index in [4.69, 9.17) is 0 Å². The first-order chi connectivity index (χ1) is 9.56. The van der Waals surface area contributed by atoms with Gasteiger partial charge in [-0.25, -0.2) is 8.42 Å². The second-order valence-electron chi connectivity index (χ2n) is 5.29. The molecule has 0 atom stereocenters. The van der Waals surface area contributed by atoms with Crippen LogP contribution >= 0.6 is 0 Å². The minimum absolute atomic E-state index is 0.377. The number of allylic oxidation sites excluding steroid dienone is 1. The van der Waals surface area contributed by atoms with Gasteiger partial charge < -0.3 is 0 Å². The lowest BCUT2D eigenvalue weighted by Crippen LogP contribution is -1.95. The normalized spacial score (nSPS) is 12.1. The van der Waals surface area contributed by atoms with E-state index in [1.54, 1.807) is 18.2 Å². The predicted molar refractivity (Wildman–Crippen MR) is 85.5 cm³/mol. The van der Waals surface area contributed by atoms with Gasteiger partial charge in [0.15, 0.2) is 9.84 Å². The van der Waals surface area contributed by atoms with E-state index < -0.39 is 9.84 Å². The van der Waals surface area contributed by atoms with Crippen LogP contribution in [-0.4, -0.2) is 8.42 Å². The van der Waals surface area contributed by atoms with Gasteiger partial charge in [-0.2, -0.15) is 0 Å². The van der Waals surface area contributed by atoms with Crippen LogP contribution in [0.3, 0.4) is 0 Å². The third kappa shape index (κ3) is 6.38. The zero-order chi connectivity index (χ0) is 14.8. The van der Waals surface area contributed by atoms with Crippen LogP contribution < -0.4 is 0 Å². The molecule has 0 radical (unpaired) electrons. The number of hydrogen-bond acceptors (Lipinski definition) is 2. The van der Waals surface area contributed by atoms with Crippen molar-refractivity contribution in [2.24, 2.45) is 0 Å². The summed E-state index contributed by atoms with van der Waals surface area (Å²) in [5, 5.41) is 1.35. The molecule has 2 nitrogen and oxygen atoms in total. The van der Waals surface area contributed by atoms with Crippen molar-refractivity contribution in [1.29, 1.82) is 0 Å². The molecule has 0 spiro atoms. The summed E-state index contributed by atoms with van der Waals surface area (Å²) in [4.78, 5) is 0.377. The summed E-state index contributed by atoms with van der Waals surface area (Å²) in [6.07, 6.45) is 10.0.